The van der Waals surface area contributed by atoms with Crippen molar-refractivity contribution in [3.05, 3.63) is 23.8 Å². The number of rotatable bonds is 5. The van der Waals surface area contributed by atoms with Crippen LogP contribution in [0.5, 0.6) is 11.5 Å². The third-order valence-corrected chi connectivity index (χ3v) is 8.51. The Bertz CT molecular complexity index is 749. The average molecular weight is 435 g/mol. The van der Waals surface area contributed by atoms with Crippen molar-refractivity contribution in [3.8, 4) is 11.5 Å². The van der Waals surface area contributed by atoms with Crippen molar-refractivity contribution in [3.63, 3.8) is 0 Å². The van der Waals surface area contributed by atoms with E-state index in [1.54, 1.807) is 0 Å². The van der Waals surface area contributed by atoms with Gasteiger partial charge in [-0.05, 0) is 87.4 Å². The zero-order chi connectivity index (χ0) is 22.0. The first-order chi connectivity index (χ1) is 15.0. The number of benzene rings is 1. The summed E-state index contributed by atoms with van der Waals surface area (Å²) in [5, 5.41) is 0. The number of fused-ring (bicyclic) bond motifs is 1. The van der Waals surface area contributed by atoms with Crippen molar-refractivity contribution < 1.29 is 23.0 Å². The number of hydrogen-bond donors (Lipinski definition) is 0. The predicted molar refractivity (Wildman–Crippen MR) is 116 cm³/mol. The van der Waals surface area contributed by atoms with E-state index in [1.807, 2.05) is 0 Å². The lowest BCUT2D eigenvalue weighted by Crippen LogP contribution is -2.35. The molecular formula is C26H36F2O3. The highest BCUT2D eigenvalue weighted by Gasteiger charge is 2.39. The third-order valence-electron chi connectivity index (χ3n) is 8.51. The first kappa shape index (κ1) is 22.5. The Balaban J connectivity index is 1.27. The number of hydrogen-bond acceptors (Lipinski definition) is 3. The molecule has 3 saturated carbocycles. The molecule has 3 nitrogen and oxygen atoms in total. The van der Waals surface area contributed by atoms with E-state index >= 15 is 0 Å². The van der Waals surface area contributed by atoms with Gasteiger partial charge in [0.1, 0.15) is 5.75 Å². The van der Waals surface area contributed by atoms with Gasteiger partial charge in [-0.1, -0.05) is 19.8 Å². The summed E-state index contributed by atoms with van der Waals surface area (Å²) in [7, 11) is 1.20. The van der Waals surface area contributed by atoms with Crippen molar-refractivity contribution in [2.75, 3.05) is 7.11 Å². The van der Waals surface area contributed by atoms with Gasteiger partial charge >= 0.3 is 5.97 Å². The number of carbonyl (C=O) groups excluding carboxylic acids is 1. The molecule has 172 valence electrons. The summed E-state index contributed by atoms with van der Waals surface area (Å²) in [6.07, 6.45) is 13.5. The zero-order valence-electron chi connectivity index (χ0n) is 18.9. The minimum Gasteiger partial charge on any atom is -0.491 e. The normalized spacial score (nSPS) is 33.4. The molecule has 0 saturated heterocycles. The van der Waals surface area contributed by atoms with Crippen molar-refractivity contribution in [1.82, 2.24) is 0 Å². The predicted octanol–water partition coefficient (Wildman–Crippen LogP) is 6.93. The number of methoxy groups -OCH3 is 1. The van der Waals surface area contributed by atoms with E-state index in [0.717, 1.165) is 61.5 Å². The molecule has 1 aromatic rings. The van der Waals surface area contributed by atoms with Gasteiger partial charge in [0.05, 0.1) is 13.0 Å². The minimum absolute atomic E-state index is 0.0936. The Labute approximate surface area is 184 Å². The summed E-state index contributed by atoms with van der Waals surface area (Å²) in [4.78, 5) is 12.6. The maximum absolute atomic E-state index is 13.9. The average Bonchev–Trinajstić information content (AvgIpc) is 2.78. The first-order valence-electron chi connectivity index (χ1n) is 12.2. The van der Waals surface area contributed by atoms with Gasteiger partial charge in [-0.3, -0.25) is 4.79 Å². The van der Waals surface area contributed by atoms with Crippen LogP contribution in [0.15, 0.2) is 12.1 Å². The highest BCUT2D eigenvalue weighted by molar-refractivity contribution is 5.75. The highest BCUT2D eigenvalue weighted by Crippen LogP contribution is 2.49. The molecule has 3 aliphatic carbocycles. The maximum Gasteiger partial charge on any atom is 0.314 e. The summed E-state index contributed by atoms with van der Waals surface area (Å²) in [5.41, 5.74) is 0. The molecule has 0 N–H and O–H groups in total. The van der Waals surface area contributed by atoms with Gasteiger partial charge in [-0.15, -0.1) is 0 Å². The number of esters is 1. The van der Waals surface area contributed by atoms with Crippen LogP contribution in [0.3, 0.4) is 0 Å². The number of ether oxygens (including phenoxy) is 2. The molecule has 0 heterocycles. The quantitative estimate of drug-likeness (QED) is 0.372. The maximum atomic E-state index is 13.9. The summed E-state index contributed by atoms with van der Waals surface area (Å²) in [6, 6.07) is 2.02. The Morgan fingerprint density at radius 1 is 0.871 bits per heavy atom. The summed E-state index contributed by atoms with van der Waals surface area (Å²) < 4.78 is 37.7. The summed E-state index contributed by atoms with van der Waals surface area (Å²) in [6.45, 7) is 2.34. The molecule has 3 aliphatic rings. The lowest BCUT2D eigenvalue weighted by Gasteiger charge is -2.45. The molecule has 31 heavy (non-hydrogen) atoms. The monoisotopic (exact) mass is 434 g/mol. The van der Waals surface area contributed by atoms with E-state index in [-0.39, 0.29) is 17.6 Å². The van der Waals surface area contributed by atoms with Crippen LogP contribution in [0, 0.1) is 47.1 Å². The summed E-state index contributed by atoms with van der Waals surface area (Å²) >= 11 is 0. The fourth-order valence-corrected chi connectivity index (χ4v) is 6.64. The van der Waals surface area contributed by atoms with Crippen LogP contribution in [0.1, 0.15) is 77.6 Å². The SMILES string of the molecule is CCC1CCC2CC(C3CCC(C(=O)Oc4cc(F)c(OC)c(F)c4)CC3)CCC2C1. The summed E-state index contributed by atoms with van der Waals surface area (Å²) in [5.74, 6) is 1.51. The number of carbonyl (C=O) groups is 1. The standard InChI is InChI=1S/C26H36F2O3/c1-3-16-4-5-21-13-20(11-10-19(21)12-16)17-6-8-18(9-7-17)26(29)31-22-14-23(27)25(30-2)24(28)15-22/h14-21H,3-13H2,1-2H3. The molecule has 0 bridgehead atoms. The van der Waals surface area contributed by atoms with Gasteiger partial charge in [0.25, 0.3) is 0 Å². The molecular weight excluding hydrogens is 398 g/mol. The second kappa shape index (κ2) is 9.87. The van der Waals surface area contributed by atoms with Gasteiger partial charge in [0.2, 0.25) is 0 Å². The van der Waals surface area contributed by atoms with Crippen LogP contribution in [0.4, 0.5) is 8.78 Å². The highest BCUT2D eigenvalue weighted by atomic mass is 19.1. The lowest BCUT2D eigenvalue weighted by atomic mass is 9.61. The molecule has 0 amide bonds. The molecule has 4 unspecified atom stereocenters. The Morgan fingerprint density at radius 2 is 1.42 bits per heavy atom. The second-order valence-corrected chi connectivity index (χ2v) is 10.1. The third kappa shape index (κ3) is 5.06. The van der Waals surface area contributed by atoms with Crippen LogP contribution >= 0.6 is 0 Å². The Morgan fingerprint density at radius 3 is 2.03 bits per heavy atom. The molecule has 0 radical (unpaired) electrons. The van der Waals surface area contributed by atoms with Gasteiger partial charge in [-0.2, -0.15) is 0 Å². The van der Waals surface area contributed by atoms with Gasteiger partial charge < -0.3 is 9.47 Å². The molecule has 0 aromatic heterocycles. The lowest BCUT2D eigenvalue weighted by molar-refractivity contribution is -0.140. The van der Waals surface area contributed by atoms with Crippen LogP contribution in [-0.2, 0) is 4.79 Å². The smallest absolute Gasteiger partial charge is 0.314 e. The Hall–Kier alpha value is -1.65. The van der Waals surface area contributed by atoms with Gasteiger partial charge in [-0.25, -0.2) is 8.78 Å². The van der Waals surface area contributed by atoms with E-state index in [9.17, 15) is 13.6 Å². The largest absolute Gasteiger partial charge is 0.491 e. The molecule has 4 atom stereocenters. The van der Waals surface area contributed by atoms with E-state index in [2.05, 4.69) is 11.7 Å². The van der Waals surface area contributed by atoms with Crippen molar-refractivity contribution in [2.45, 2.75) is 77.6 Å². The number of halogens is 2. The zero-order valence-corrected chi connectivity index (χ0v) is 18.9. The van der Waals surface area contributed by atoms with Gasteiger partial charge in [0, 0.05) is 12.1 Å². The fraction of sp³-hybridized carbons (Fsp3) is 0.731. The van der Waals surface area contributed by atoms with E-state index in [4.69, 9.17) is 4.74 Å². The van der Waals surface area contributed by atoms with Crippen molar-refractivity contribution in [1.29, 1.82) is 0 Å². The topological polar surface area (TPSA) is 35.5 Å². The van der Waals surface area contributed by atoms with E-state index < -0.39 is 17.4 Å². The molecule has 3 fully saturated rings. The van der Waals surface area contributed by atoms with E-state index in [1.165, 1.54) is 52.1 Å². The minimum atomic E-state index is -0.863. The van der Waals surface area contributed by atoms with Crippen LogP contribution in [-0.4, -0.2) is 13.1 Å². The van der Waals surface area contributed by atoms with Crippen molar-refractivity contribution in [2.24, 2.45) is 35.5 Å². The van der Waals surface area contributed by atoms with Gasteiger partial charge in [0.15, 0.2) is 17.4 Å². The molecule has 5 heteroatoms. The molecule has 1 aromatic carbocycles. The second-order valence-electron chi connectivity index (χ2n) is 10.1. The molecule has 4 rings (SSSR count). The van der Waals surface area contributed by atoms with Crippen LogP contribution in [0.2, 0.25) is 0 Å². The Kier molecular flexibility index (Phi) is 7.18. The van der Waals surface area contributed by atoms with Crippen molar-refractivity contribution >= 4 is 5.97 Å². The van der Waals surface area contributed by atoms with Crippen LogP contribution < -0.4 is 9.47 Å². The first-order valence-corrected chi connectivity index (χ1v) is 12.2. The fourth-order valence-electron chi connectivity index (χ4n) is 6.64. The van der Waals surface area contributed by atoms with E-state index in [0.29, 0.717) is 5.92 Å². The molecule has 0 spiro atoms. The molecule has 0 aliphatic heterocycles. The van der Waals surface area contributed by atoms with Crippen LogP contribution in [0.25, 0.3) is 0 Å².